The summed E-state index contributed by atoms with van der Waals surface area (Å²) in [4.78, 5) is 50.5. The topological polar surface area (TPSA) is 145 Å². The number of hydrogen-bond donors (Lipinski definition) is 5. The van der Waals surface area contributed by atoms with Crippen molar-refractivity contribution in [1.29, 1.82) is 0 Å². The smallest absolute Gasteiger partial charge is 0.407 e. The molecule has 10 nitrogen and oxygen atoms in total. The Balaban J connectivity index is 1.37. The van der Waals surface area contributed by atoms with Crippen LogP contribution in [0, 0.1) is 15.4 Å². The molecule has 0 aliphatic heterocycles. The third-order valence-electron chi connectivity index (χ3n) is 6.98. The number of carbonyl (C=O) groups excluding carboxylic acids is 3. The van der Waals surface area contributed by atoms with E-state index < -0.39 is 17.7 Å². The molecule has 1 unspecified atom stereocenters. The number of H-pyrrole nitrogens is 2. The molecule has 1 aromatic heterocycles. The summed E-state index contributed by atoms with van der Waals surface area (Å²) in [5.41, 5.74) is 1.26. The van der Waals surface area contributed by atoms with Crippen molar-refractivity contribution in [2.45, 2.75) is 64.5 Å². The van der Waals surface area contributed by atoms with Gasteiger partial charge in [0.1, 0.15) is 11.6 Å². The van der Waals surface area contributed by atoms with E-state index in [9.17, 15) is 19.2 Å². The molecule has 40 heavy (non-hydrogen) atoms. The highest BCUT2D eigenvalue weighted by Gasteiger charge is 2.30. The number of benzene rings is 2. The van der Waals surface area contributed by atoms with E-state index in [1.54, 1.807) is 18.2 Å². The first-order chi connectivity index (χ1) is 19.0. The maximum atomic E-state index is 13.4. The first kappa shape index (κ1) is 29.6. The molecule has 1 aliphatic carbocycles. The summed E-state index contributed by atoms with van der Waals surface area (Å²) in [6.45, 7) is 5.98. The fourth-order valence-electron chi connectivity index (χ4n) is 4.87. The molecule has 1 heterocycles. The maximum Gasteiger partial charge on any atom is 0.407 e. The number of rotatable bonds is 8. The Morgan fingerprint density at radius 2 is 1.73 bits per heavy atom. The van der Waals surface area contributed by atoms with Crippen LogP contribution in [0.2, 0.25) is 0 Å². The predicted octanol–water partition coefficient (Wildman–Crippen LogP) is 4.46. The van der Waals surface area contributed by atoms with Crippen LogP contribution in [0.4, 0.5) is 10.5 Å². The minimum Gasteiger partial charge on any atom is -0.444 e. The highest BCUT2D eigenvalue weighted by Crippen LogP contribution is 2.29. The molecule has 11 heteroatoms. The normalized spacial score (nSPS) is 18.1. The van der Waals surface area contributed by atoms with Crippen molar-refractivity contribution in [3.8, 4) is 0 Å². The fourth-order valence-corrected chi connectivity index (χ4v) is 5.23. The second-order valence-corrected chi connectivity index (χ2v) is 12.6. The van der Waals surface area contributed by atoms with E-state index in [0.29, 0.717) is 42.4 Å². The Morgan fingerprint density at radius 1 is 1.02 bits per heavy atom. The van der Waals surface area contributed by atoms with Gasteiger partial charge in [-0.25, -0.2) is 4.79 Å². The molecule has 5 N–H and O–H groups in total. The minimum absolute atomic E-state index is 0.144. The zero-order chi connectivity index (χ0) is 28.9. The molecule has 0 spiro atoms. The summed E-state index contributed by atoms with van der Waals surface area (Å²) in [5, 5.41) is 14.5. The number of ether oxygens (including phenoxy) is 1. The van der Waals surface area contributed by atoms with Crippen LogP contribution in [0.1, 0.15) is 52.0 Å². The lowest BCUT2D eigenvalue weighted by atomic mass is 9.81. The van der Waals surface area contributed by atoms with Crippen LogP contribution in [0.3, 0.4) is 0 Å². The molecule has 1 saturated carbocycles. The molecule has 4 rings (SSSR count). The Labute approximate surface area is 246 Å². The van der Waals surface area contributed by atoms with Gasteiger partial charge in [0.25, 0.3) is 5.56 Å². The van der Waals surface area contributed by atoms with Crippen molar-refractivity contribution >= 4 is 57.1 Å². The SMILES string of the molecule is CC(C)(C)OC(=O)NCC1CCC(C(=O)NC(Cc2ccc(I)cc2)C(=O)Nc2ccc3c(=O)[nH][nH]c3c2)CC1. The Bertz CT molecular complexity index is 1400. The van der Waals surface area contributed by atoms with Crippen LogP contribution >= 0.6 is 22.6 Å². The summed E-state index contributed by atoms with van der Waals surface area (Å²) >= 11 is 2.23. The van der Waals surface area contributed by atoms with Gasteiger partial charge in [0.05, 0.1) is 10.9 Å². The van der Waals surface area contributed by atoms with Crippen LogP contribution in [-0.2, 0) is 20.7 Å². The Morgan fingerprint density at radius 3 is 2.40 bits per heavy atom. The number of anilines is 1. The monoisotopic (exact) mass is 661 g/mol. The molecule has 1 fully saturated rings. The van der Waals surface area contributed by atoms with Crippen molar-refractivity contribution in [2.75, 3.05) is 11.9 Å². The molecular formula is C29H36IN5O5. The number of aromatic nitrogens is 2. The predicted molar refractivity (Wildman–Crippen MR) is 162 cm³/mol. The summed E-state index contributed by atoms with van der Waals surface area (Å²) in [6.07, 6.45) is 2.88. The average Bonchev–Trinajstić information content (AvgIpc) is 3.27. The largest absolute Gasteiger partial charge is 0.444 e. The lowest BCUT2D eigenvalue weighted by molar-refractivity contribution is -0.130. The van der Waals surface area contributed by atoms with Gasteiger partial charge in [0, 0.05) is 28.1 Å². The van der Waals surface area contributed by atoms with Crippen molar-refractivity contribution in [1.82, 2.24) is 20.8 Å². The van der Waals surface area contributed by atoms with Crippen molar-refractivity contribution in [3.63, 3.8) is 0 Å². The van der Waals surface area contributed by atoms with Gasteiger partial charge in [-0.2, -0.15) is 0 Å². The standard InChI is InChI=1S/C29H36IN5O5/c1-29(2,3)40-28(39)31-16-18-4-8-19(9-5-18)25(36)33-24(14-17-6-10-20(30)11-7-17)27(38)32-21-12-13-22-23(15-21)34-35-26(22)37/h6-7,10-13,15,18-19,24H,4-5,8-9,14,16H2,1-3H3,(H,31,39)(H,32,38)(H,33,36)(H2,34,35,37). The van der Waals surface area contributed by atoms with Crippen LogP contribution in [0.25, 0.3) is 10.9 Å². The van der Waals surface area contributed by atoms with Crippen molar-refractivity contribution in [2.24, 2.45) is 11.8 Å². The molecule has 1 atom stereocenters. The van der Waals surface area contributed by atoms with Crippen molar-refractivity contribution < 1.29 is 19.1 Å². The first-order valence-electron chi connectivity index (χ1n) is 13.5. The number of halogens is 1. The summed E-state index contributed by atoms with van der Waals surface area (Å²) in [6, 6.07) is 12.1. The zero-order valence-electron chi connectivity index (χ0n) is 22.9. The summed E-state index contributed by atoms with van der Waals surface area (Å²) < 4.78 is 6.39. The van der Waals surface area contributed by atoms with E-state index in [1.165, 1.54) is 0 Å². The number of carbonyl (C=O) groups is 3. The maximum absolute atomic E-state index is 13.4. The van der Waals surface area contributed by atoms with E-state index in [4.69, 9.17) is 4.74 Å². The van der Waals surface area contributed by atoms with E-state index in [-0.39, 0.29) is 29.2 Å². The quantitative estimate of drug-likeness (QED) is 0.227. The number of alkyl carbamates (subject to hydrolysis) is 1. The van der Waals surface area contributed by atoms with Gasteiger partial charge < -0.3 is 20.7 Å². The van der Waals surface area contributed by atoms with E-state index >= 15 is 0 Å². The summed E-state index contributed by atoms with van der Waals surface area (Å²) in [7, 11) is 0. The van der Waals surface area contributed by atoms with E-state index in [2.05, 4.69) is 48.7 Å². The first-order valence-corrected chi connectivity index (χ1v) is 14.6. The number of hydrogen-bond acceptors (Lipinski definition) is 5. The van der Waals surface area contributed by atoms with E-state index in [1.807, 2.05) is 45.0 Å². The molecule has 3 amide bonds. The highest BCUT2D eigenvalue weighted by atomic mass is 127. The number of fused-ring (bicyclic) bond motifs is 1. The molecule has 1 aliphatic rings. The van der Waals surface area contributed by atoms with Crippen LogP contribution in [-0.4, -0.2) is 46.3 Å². The van der Waals surface area contributed by atoms with Crippen LogP contribution in [0.5, 0.6) is 0 Å². The molecule has 2 aromatic carbocycles. The number of amides is 3. The van der Waals surface area contributed by atoms with Crippen LogP contribution < -0.4 is 21.5 Å². The third kappa shape index (κ3) is 8.33. The third-order valence-corrected chi connectivity index (χ3v) is 7.70. The second kappa shape index (κ2) is 12.9. The average molecular weight is 662 g/mol. The van der Waals surface area contributed by atoms with Gasteiger partial charge in [-0.15, -0.1) is 0 Å². The molecule has 3 aromatic rings. The summed E-state index contributed by atoms with van der Waals surface area (Å²) in [5.74, 6) is -0.405. The lowest BCUT2D eigenvalue weighted by Crippen LogP contribution is -2.48. The van der Waals surface area contributed by atoms with Gasteiger partial charge in [0.15, 0.2) is 0 Å². The molecule has 0 saturated heterocycles. The molecular weight excluding hydrogens is 625 g/mol. The molecule has 214 valence electrons. The van der Waals surface area contributed by atoms with Gasteiger partial charge in [-0.05, 0) is 111 Å². The number of nitrogens with one attached hydrogen (secondary N) is 5. The van der Waals surface area contributed by atoms with Gasteiger partial charge in [-0.3, -0.25) is 24.6 Å². The Kier molecular flexibility index (Phi) is 9.54. The minimum atomic E-state index is -0.778. The lowest BCUT2D eigenvalue weighted by Gasteiger charge is -2.29. The number of aromatic amines is 2. The second-order valence-electron chi connectivity index (χ2n) is 11.3. The van der Waals surface area contributed by atoms with Gasteiger partial charge in [-0.1, -0.05) is 12.1 Å². The van der Waals surface area contributed by atoms with Crippen molar-refractivity contribution in [3.05, 3.63) is 62.0 Å². The van der Waals surface area contributed by atoms with Gasteiger partial charge >= 0.3 is 6.09 Å². The van der Waals surface area contributed by atoms with Crippen LogP contribution in [0.15, 0.2) is 47.3 Å². The van der Waals surface area contributed by atoms with E-state index in [0.717, 1.165) is 22.0 Å². The zero-order valence-corrected chi connectivity index (χ0v) is 25.1. The molecule has 0 radical (unpaired) electrons. The fraction of sp³-hybridized carbons (Fsp3) is 0.448. The Hall–Kier alpha value is -3.35. The highest BCUT2D eigenvalue weighted by molar-refractivity contribution is 14.1. The van der Waals surface area contributed by atoms with Gasteiger partial charge in [0.2, 0.25) is 11.8 Å². The molecule has 0 bridgehead atoms.